The lowest BCUT2D eigenvalue weighted by Gasteiger charge is -2.09. The van der Waals surface area contributed by atoms with Crippen molar-refractivity contribution in [1.82, 2.24) is 9.55 Å². The highest BCUT2D eigenvalue weighted by Gasteiger charge is 2.08. The Bertz CT molecular complexity index is 560. The molecule has 0 saturated carbocycles. The summed E-state index contributed by atoms with van der Waals surface area (Å²) in [4.78, 5) is 16.2. The van der Waals surface area contributed by atoms with Gasteiger partial charge < -0.3 is 0 Å². The molecule has 0 atom stereocenters. The first kappa shape index (κ1) is 10.2. The zero-order valence-corrected chi connectivity index (χ0v) is 9.41. The van der Waals surface area contributed by atoms with E-state index in [0.29, 0.717) is 15.9 Å². The maximum Gasteiger partial charge on any atom is 0.261 e. The molecule has 1 aromatic heterocycles. The maximum absolute atomic E-state index is 12.0. The van der Waals surface area contributed by atoms with Gasteiger partial charge in [-0.3, -0.25) is 9.36 Å². The summed E-state index contributed by atoms with van der Waals surface area (Å²) < 4.78 is 1.62. The summed E-state index contributed by atoms with van der Waals surface area (Å²) in [7, 11) is 0. The molecule has 15 heavy (non-hydrogen) atoms. The lowest BCUT2D eigenvalue weighted by molar-refractivity contribution is -0.288. The minimum absolute atomic E-state index is 0.00926. The summed E-state index contributed by atoms with van der Waals surface area (Å²) in [6.07, 6.45) is 1.57. The Morgan fingerprint density at radius 1 is 1.40 bits per heavy atom. The Balaban J connectivity index is 2.80. The third kappa shape index (κ3) is 1.75. The van der Waals surface area contributed by atoms with E-state index >= 15 is 0 Å². The second-order valence-corrected chi connectivity index (χ2v) is 4.20. The van der Waals surface area contributed by atoms with Gasteiger partial charge in [0, 0.05) is 18.2 Å². The van der Waals surface area contributed by atoms with Crippen molar-refractivity contribution in [2.75, 3.05) is 0 Å². The predicted octanol–water partition coefficient (Wildman–Crippen LogP) is 1.67. The number of aromatic nitrogens is 2. The zero-order chi connectivity index (χ0) is 11.0. The van der Waals surface area contributed by atoms with Crippen molar-refractivity contribution >= 4 is 10.9 Å². The lowest BCUT2D eigenvalue weighted by Crippen LogP contribution is -2.22. The molecule has 0 N–H and O–H groups in total. The molecule has 3 nitrogen and oxygen atoms in total. The molecule has 0 aliphatic rings. The van der Waals surface area contributed by atoms with E-state index in [-0.39, 0.29) is 11.6 Å². The molecule has 2 rings (SSSR count). The average Bonchev–Trinajstić information content (AvgIpc) is 2.17. The fourth-order valence-electron chi connectivity index (χ4n) is 1.48. The van der Waals surface area contributed by atoms with Crippen molar-refractivity contribution < 1.29 is 11.6 Å². The molecule has 0 bridgehead atoms. The number of benzene rings is 1. The molecule has 0 amide bonds. The third-order valence-electron chi connectivity index (χ3n) is 2.31. The number of hydrogen-bond donors (Lipinski definition) is 0. The monoisotopic (exact) mass is 223 g/mol. The highest BCUT2D eigenvalue weighted by Crippen LogP contribution is 2.11. The Hall–Kier alpha value is -1.35. The van der Waals surface area contributed by atoms with Gasteiger partial charge in [-0.25, -0.2) is 4.98 Å². The molecule has 0 unspecified atom stereocenters. The molecule has 78 valence electrons. The van der Waals surface area contributed by atoms with E-state index in [4.69, 9.17) is 11.6 Å². The maximum atomic E-state index is 12.0. The highest BCUT2D eigenvalue weighted by molar-refractivity contribution is 5.77. The Kier molecular flexibility index (Phi) is 2.49. The zero-order valence-electron chi connectivity index (χ0n) is 8.60. The van der Waals surface area contributed by atoms with Crippen LogP contribution in [0.25, 0.3) is 10.9 Å². The molecule has 2 aromatic rings. The van der Waals surface area contributed by atoms with Gasteiger partial charge in [0.05, 0.1) is 17.2 Å². The summed E-state index contributed by atoms with van der Waals surface area (Å²) in [5.41, 5.74) is 0.661. The van der Waals surface area contributed by atoms with Crippen LogP contribution in [0, 0.1) is 11.6 Å². The van der Waals surface area contributed by atoms with Crippen LogP contribution >= 0.6 is 0 Å². The summed E-state index contributed by atoms with van der Waals surface area (Å²) in [6, 6.07) is 5.37. The van der Waals surface area contributed by atoms with Crippen LogP contribution in [0.2, 0.25) is 5.02 Å². The molecule has 1 aromatic carbocycles. The van der Waals surface area contributed by atoms with E-state index < -0.39 is 0 Å². The second kappa shape index (κ2) is 3.66. The quantitative estimate of drug-likeness (QED) is 0.737. The molecule has 0 saturated heterocycles. The van der Waals surface area contributed by atoms with Gasteiger partial charge in [0.25, 0.3) is 5.56 Å². The van der Waals surface area contributed by atoms with Crippen LogP contribution in [0.4, 0.5) is 0 Å². The number of halogens is 1. The molecule has 0 spiro atoms. The molecule has 0 fully saturated rings. The normalized spacial score (nSPS) is 11.2. The molecule has 1 heterocycles. The predicted molar refractivity (Wildman–Crippen MR) is 56.9 cm³/mol. The Morgan fingerprint density at radius 2 is 2.13 bits per heavy atom. The van der Waals surface area contributed by atoms with Crippen molar-refractivity contribution in [1.29, 1.82) is 0 Å². The van der Waals surface area contributed by atoms with E-state index in [1.54, 1.807) is 29.1 Å². The van der Waals surface area contributed by atoms with Gasteiger partial charge in [-0.2, -0.15) is 0 Å². The smallest absolute Gasteiger partial charge is 0.261 e. The van der Waals surface area contributed by atoms with Crippen LogP contribution in [0.1, 0.15) is 19.9 Å². The van der Waals surface area contributed by atoms with Crippen LogP contribution in [0.5, 0.6) is 0 Å². The van der Waals surface area contributed by atoms with Gasteiger partial charge in [0.2, 0.25) is 5.02 Å². The first-order valence-electron chi connectivity index (χ1n) is 4.77. The molecule has 0 radical (unpaired) electrons. The van der Waals surface area contributed by atoms with Gasteiger partial charge in [0.15, 0.2) is 11.6 Å². The van der Waals surface area contributed by atoms with Crippen LogP contribution in [0.15, 0.2) is 29.3 Å². The number of hydrogen-bond acceptors (Lipinski definition) is 2. The van der Waals surface area contributed by atoms with Gasteiger partial charge in [-0.05, 0) is 19.9 Å². The largest absolute Gasteiger partial charge is 0.296 e. The van der Waals surface area contributed by atoms with Crippen LogP contribution in [0.3, 0.4) is 0 Å². The molecular weight excluding hydrogens is 212 g/mol. The first-order chi connectivity index (χ1) is 7.09. The van der Waals surface area contributed by atoms with Crippen molar-refractivity contribution in [3.63, 3.8) is 0 Å². The van der Waals surface area contributed by atoms with Crippen molar-refractivity contribution in [2.24, 2.45) is 0 Å². The van der Waals surface area contributed by atoms with E-state index in [0.717, 1.165) is 0 Å². The minimum Gasteiger partial charge on any atom is -0.296 e. The van der Waals surface area contributed by atoms with E-state index in [1.165, 1.54) is 0 Å². The van der Waals surface area contributed by atoms with Crippen molar-refractivity contribution in [3.05, 3.63) is 39.9 Å². The van der Waals surface area contributed by atoms with Crippen molar-refractivity contribution in [3.8, 4) is 0 Å². The standard InChI is InChI=1S/C11H12ClN2O/c1-7(2)14-6-13-10-5-8(12)3-4-9(10)11(14)15/h3-7,12H,1-2H3/q+1. The summed E-state index contributed by atoms with van der Waals surface area (Å²) in [5.74, 6) is 0. The van der Waals surface area contributed by atoms with Gasteiger partial charge in [0.1, 0.15) is 0 Å². The summed E-state index contributed by atoms with van der Waals surface area (Å²) in [6.45, 7) is 3.91. The fraction of sp³-hybridized carbons (Fsp3) is 0.273. The Morgan fingerprint density at radius 3 is 2.80 bits per heavy atom. The topological polar surface area (TPSA) is 34.9 Å². The third-order valence-corrected chi connectivity index (χ3v) is 2.57. The SMILES string of the molecule is CC(C)n1cnc2cc([ClH+])ccc2c1=O. The first-order valence-corrected chi connectivity index (χ1v) is 5.18. The van der Waals surface area contributed by atoms with E-state index in [1.807, 2.05) is 13.8 Å². The average molecular weight is 224 g/mol. The van der Waals surface area contributed by atoms with Crippen molar-refractivity contribution in [2.45, 2.75) is 19.9 Å². The van der Waals surface area contributed by atoms with Gasteiger partial charge in [-0.1, -0.05) is 0 Å². The lowest BCUT2D eigenvalue weighted by atomic mass is 10.2. The van der Waals surface area contributed by atoms with Gasteiger partial charge in [-0.15, -0.1) is 0 Å². The molecular formula is C11H12ClN2O+. The van der Waals surface area contributed by atoms with Crippen LogP contribution in [-0.4, -0.2) is 9.55 Å². The molecule has 0 aliphatic heterocycles. The van der Waals surface area contributed by atoms with Gasteiger partial charge >= 0.3 is 0 Å². The number of nitrogens with zero attached hydrogens (tertiary/aromatic N) is 2. The number of fused-ring (bicyclic) bond motifs is 1. The molecule has 0 aliphatic carbocycles. The van der Waals surface area contributed by atoms with E-state index in [2.05, 4.69) is 4.98 Å². The molecule has 4 heteroatoms. The fourth-order valence-corrected chi connectivity index (χ4v) is 1.66. The number of rotatable bonds is 1. The van der Waals surface area contributed by atoms with Crippen LogP contribution in [-0.2, 0) is 0 Å². The summed E-state index contributed by atoms with van der Waals surface area (Å²) in [5, 5.41) is 1.33. The Labute approximate surface area is 92.3 Å². The second-order valence-electron chi connectivity index (χ2n) is 3.73. The van der Waals surface area contributed by atoms with E-state index in [9.17, 15) is 4.79 Å². The summed E-state index contributed by atoms with van der Waals surface area (Å²) >= 11 is 5.02. The minimum atomic E-state index is -0.00926. The highest BCUT2D eigenvalue weighted by atomic mass is 35.5. The van der Waals surface area contributed by atoms with Crippen LogP contribution < -0.4 is 5.56 Å².